The molecule has 100 valence electrons. The Morgan fingerprint density at radius 2 is 1.95 bits per heavy atom. The van der Waals surface area contributed by atoms with Gasteiger partial charge < -0.3 is 14.9 Å². The quantitative estimate of drug-likeness (QED) is 0.571. The van der Waals surface area contributed by atoms with Crippen molar-refractivity contribution in [1.29, 1.82) is 0 Å². The van der Waals surface area contributed by atoms with E-state index in [9.17, 15) is 4.79 Å². The summed E-state index contributed by atoms with van der Waals surface area (Å²) in [6.07, 6.45) is 0. The second-order valence-corrected chi connectivity index (χ2v) is 4.32. The molecule has 1 aromatic heterocycles. The van der Waals surface area contributed by atoms with Crippen molar-refractivity contribution in [2.75, 3.05) is 12.8 Å². The van der Waals surface area contributed by atoms with Crippen molar-refractivity contribution in [3.8, 4) is 11.5 Å². The maximum absolute atomic E-state index is 11.4. The van der Waals surface area contributed by atoms with E-state index in [1.165, 1.54) is 7.11 Å². The van der Waals surface area contributed by atoms with Crippen molar-refractivity contribution >= 4 is 22.8 Å². The molecule has 0 amide bonds. The number of carbonyl (C=O) groups excluding carboxylic acids is 1. The van der Waals surface area contributed by atoms with Gasteiger partial charge in [-0.1, -0.05) is 0 Å². The molecule has 0 aliphatic carbocycles. The topological polar surface area (TPSA) is 78.3 Å². The molecule has 0 spiro atoms. The summed E-state index contributed by atoms with van der Waals surface area (Å²) in [5, 5.41) is 0. The van der Waals surface area contributed by atoms with E-state index in [0.717, 1.165) is 11.1 Å². The fourth-order valence-electron chi connectivity index (χ4n) is 1.93. The third-order valence-corrected chi connectivity index (χ3v) is 2.97. The lowest BCUT2D eigenvalue weighted by molar-refractivity contribution is 0.0601. The Morgan fingerprint density at radius 1 is 1.20 bits per heavy atom. The number of anilines is 1. The zero-order valence-electron chi connectivity index (χ0n) is 10.8. The minimum absolute atomic E-state index is 0.373. The Morgan fingerprint density at radius 3 is 2.65 bits per heavy atom. The molecular weight excluding hydrogens is 256 g/mol. The number of nitrogens with two attached hydrogens (primary N) is 1. The van der Waals surface area contributed by atoms with Crippen molar-refractivity contribution in [1.82, 2.24) is 4.98 Å². The molecule has 0 saturated heterocycles. The monoisotopic (exact) mass is 268 g/mol. The fourth-order valence-corrected chi connectivity index (χ4v) is 1.93. The summed E-state index contributed by atoms with van der Waals surface area (Å²) in [7, 11) is 1.35. The Hall–Kier alpha value is -2.82. The van der Waals surface area contributed by atoms with Gasteiger partial charge >= 0.3 is 5.97 Å². The summed E-state index contributed by atoms with van der Waals surface area (Å²) in [6.45, 7) is 0. The number of aromatic nitrogens is 1. The molecule has 0 aliphatic heterocycles. The zero-order valence-corrected chi connectivity index (χ0v) is 10.8. The van der Waals surface area contributed by atoms with Gasteiger partial charge in [0.15, 0.2) is 5.58 Å². The van der Waals surface area contributed by atoms with Crippen LogP contribution in [0.1, 0.15) is 10.4 Å². The van der Waals surface area contributed by atoms with Gasteiger partial charge in [0.05, 0.1) is 12.7 Å². The van der Waals surface area contributed by atoms with Crippen LogP contribution < -0.4 is 5.73 Å². The molecule has 0 radical (unpaired) electrons. The van der Waals surface area contributed by atoms with E-state index in [1.807, 2.05) is 0 Å². The number of benzene rings is 2. The predicted octanol–water partition coefficient (Wildman–Crippen LogP) is 2.86. The molecule has 3 aromatic rings. The lowest BCUT2D eigenvalue weighted by Gasteiger charge is -1.99. The van der Waals surface area contributed by atoms with Gasteiger partial charge in [-0.3, -0.25) is 0 Å². The molecule has 1 heterocycles. The van der Waals surface area contributed by atoms with Crippen LogP contribution in [-0.2, 0) is 4.74 Å². The van der Waals surface area contributed by atoms with Crippen LogP contribution in [0, 0.1) is 0 Å². The molecule has 0 fully saturated rings. The van der Waals surface area contributed by atoms with Crippen molar-refractivity contribution in [2.45, 2.75) is 0 Å². The Balaban J connectivity index is 2.00. The van der Waals surface area contributed by atoms with E-state index in [-0.39, 0.29) is 5.97 Å². The van der Waals surface area contributed by atoms with E-state index in [2.05, 4.69) is 9.72 Å². The van der Waals surface area contributed by atoms with Crippen LogP contribution in [0.5, 0.6) is 0 Å². The van der Waals surface area contributed by atoms with Gasteiger partial charge in [-0.05, 0) is 36.4 Å². The molecule has 0 unspecified atom stereocenters. The van der Waals surface area contributed by atoms with Crippen molar-refractivity contribution in [2.24, 2.45) is 0 Å². The summed E-state index contributed by atoms with van der Waals surface area (Å²) >= 11 is 0. The SMILES string of the molecule is COC(=O)c1ccc(-c2nc3ccc(N)cc3o2)cc1. The van der Waals surface area contributed by atoms with E-state index in [4.69, 9.17) is 10.2 Å². The van der Waals surface area contributed by atoms with E-state index in [0.29, 0.717) is 22.7 Å². The highest BCUT2D eigenvalue weighted by Gasteiger charge is 2.10. The van der Waals surface area contributed by atoms with Gasteiger partial charge in [0, 0.05) is 17.3 Å². The second kappa shape index (κ2) is 4.70. The highest BCUT2D eigenvalue weighted by Crippen LogP contribution is 2.25. The van der Waals surface area contributed by atoms with Crippen LogP contribution in [-0.4, -0.2) is 18.1 Å². The third kappa shape index (κ3) is 2.09. The molecule has 2 aromatic carbocycles. The highest BCUT2D eigenvalue weighted by atomic mass is 16.5. The minimum Gasteiger partial charge on any atom is -0.465 e. The Bertz CT molecular complexity index is 775. The van der Waals surface area contributed by atoms with Crippen LogP contribution in [0.3, 0.4) is 0 Å². The van der Waals surface area contributed by atoms with Gasteiger partial charge in [0.1, 0.15) is 5.52 Å². The van der Waals surface area contributed by atoms with Crippen molar-refractivity contribution in [3.05, 3.63) is 48.0 Å². The number of nitrogen functional groups attached to an aromatic ring is 1. The maximum Gasteiger partial charge on any atom is 0.337 e. The summed E-state index contributed by atoms with van der Waals surface area (Å²) in [5.74, 6) is 0.115. The van der Waals surface area contributed by atoms with Crippen LogP contribution >= 0.6 is 0 Å². The predicted molar refractivity (Wildman–Crippen MR) is 75.2 cm³/mol. The summed E-state index contributed by atoms with van der Waals surface area (Å²) in [6, 6.07) is 12.2. The minimum atomic E-state index is -0.373. The van der Waals surface area contributed by atoms with Crippen LogP contribution in [0.15, 0.2) is 46.9 Å². The summed E-state index contributed by atoms with van der Waals surface area (Å²) in [4.78, 5) is 15.7. The molecule has 3 rings (SSSR count). The van der Waals surface area contributed by atoms with E-state index < -0.39 is 0 Å². The number of carbonyl (C=O) groups is 1. The first-order chi connectivity index (χ1) is 9.67. The molecule has 5 nitrogen and oxygen atoms in total. The van der Waals surface area contributed by atoms with Crippen molar-refractivity contribution in [3.63, 3.8) is 0 Å². The molecule has 5 heteroatoms. The molecule has 0 atom stereocenters. The first kappa shape index (κ1) is 12.2. The van der Waals surface area contributed by atoms with Crippen LogP contribution in [0.4, 0.5) is 5.69 Å². The third-order valence-electron chi connectivity index (χ3n) is 2.97. The molecule has 0 bridgehead atoms. The van der Waals surface area contributed by atoms with Gasteiger partial charge in [-0.25, -0.2) is 9.78 Å². The number of oxazole rings is 1. The Kier molecular flexibility index (Phi) is 2.87. The second-order valence-electron chi connectivity index (χ2n) is 4.32. The van der Waals surface area contributed by atoms with Gasteiger partial charge in [-0.15, -0.1) is 0 Å². The number of methoxy groups -OCH3 is 1. The van der Waals surface area contributed by atoms with Gasteiger partial charge in [-0.2, -0.15) is 0 Å². The lowest BCUT2D eigenvalue weighted by Crippen LogP contribution is -2.00. The highest BCUT2D eigenvalue weighted by molar-refractivity contribution is 5.90. The van der Waals surface area contributed by atoms with Crippen molar-refractivity contribution < 1.29 is 13.9 Å². The number of hydrogen-bond donors (Lipinski definition) is 1. The number of ether oxygens (including phenoxy) is 1. The largest absolute Gasteiger partial charge is 0.465 e. The van der Waals surface area contributed by atoms with E-state index in [1.54, 1.807) is 42.5 Å². The average molecular weight is 268 g/mol. The van der Waals surface area contributed by atoms with Gasteiger partial charge in [0.2, 0.25) is 5.89 Å². The standard InChI is InChI=1S/C15H12N2O3/c1-19-15(18)10-4-2-9(3-5-10)14-17-12-7-6-11(16)8-13(12)20-14/h2-8H,16H2,1H3. The smallest absolute Gasteiger partial charge is 0.337 e. The molecule has 0 saturated carbocycles. The van der Waals surface area contributed by atoms with Crippen LogP contribution in [0.25, 0.3) is 22.6 Å². The zero-order chi connectivity index (χ0) is 14.1. The normalized spacial score (nSPS) is 10.7. The molecular formula is C15H12N2O3. The Labute approximate surface area is 115 Å². The average Bonchev–Trinajstić information content (AvgIpc) is 2.89. The molecule has 20 heavy (non-hydrogen) atoms. The number of esters is 1. The number of hydrogen-bond acceptors (Lipinski definition) is 5. The number of nitrogens with zero attached hydrogens (tertiary/aromatic N) is 1. The fraction of sp³-hybridized carbons (Fsp3) is 0.0667. The molecule has 0 aliphatic rings. The summed E-state index contributed by atoms with van der Waals surface area (Å²) < 4.78 is 10.3. The summed E-state index contributed by atoms with van der Waals surface area (Å²) in [5.41, 5.74) is 8.97. The first-order valence-corrected chi connectivity index (χ1v) is 6.02. The van der Waals surface area contributed by atoms with Crippen LogP contribution in [0.2, 0.25) is 0 Å². The van der Waals surface area contributed by atoms with Gasteiger partial charge in [0.25, 0.3) is 0 Å². The van der Waals surface area contributed by atoms with E-state index >= 15 is 0 Å². The number of fused-ring (bicyclic) bond motifs is 1. The molecule has 2 N–H and O–H groups in total. The maximum atomic E-state index is 11.4. The first-order valence-electron chi connectivity index (χ1n) is 6.02. The lowest BCUT2D eigenvalue weighted by atomic mass is 10.1. The number of rotatable bonds is 2.